The van der Waals surface area contributed by atoms with Crippen LogP contribution in [0.1, 0.15) is 31.9 Å². The summed E-state index contributed by atoms with van der Waals surface area (Å²) >= 11 is 0. The van der Waals surface area contributed by atoms with Crippen LogP contribution in [0.2, 0.25) is 0 Å². The highest BCUT2D eigenvalue weighted by Gasteiger charge is 2.20. The minimum Gasteiger partial charge on any atom is -0.365 e. The Balaban J connectivity index is 0.000000771. The second-order valence-corrected chi connectivity index (χ2v) is 4.38. The Morgan fingerprint density at radius 1 is 1.39 bits per heavy atom. The molecule has 0 saturated carbocycles. The third kappa shape index (κ3) is 3.24. The zero-order valence-electron chi connectivity index (χ0n) is 11.8. The van der Waals surface area contributed by atoms with E-state index in [0.717, 1.165) is 36.4 Å². The second-order valence-electron chi connectivity index (χ2n) is 4.38. The van der Waals surface area contributed by atoms with Crippen LogP contribution < -0.4 is 10.2 Å². The third-order valence-electron chi connectivity index (χ3n) is 3.08. The predicted molar refractivity (Wildman–Crippen MR) is 76.9 cm³/mol. The van der Waals surface area contributed by atoms with Gasteiger partial charge in [-0.3, -0.25) is 0 Å². The van der Waals surface area contributed by atoms with Crippen LogP contribution >= 0.6 is 0 Å². The average Bonchev–Trinajstić information content (AvgIpc) is 2.42. The second kappa shape index (κ2) is 7.03. The number of piperazine rings is 1. The van der Waals surface area contributed by atoms with E-state index < -0.39 is 0 Å². The number of aryl methyl sites for hydroxylation is 1. The van der Waals surface area contributed by atoms with Crippen molar-refractivity contribution in [1.29, 1.82) is 5.26 Å². The fourth-order valence-electron chi connectivity index (χ4n) is 2.19. The van der Waals surface area contributed by atoms with Gasteiger partial charge in [0.25, 0.3) is 0 Å². The van der Waals surface area contributed by atoms with Gasteiger partial charge in [0.2, 0.25) is 0 Å². The highest BCUT2D eigenvalue weighted by Crippen LogP contribution is 2.23. The molecule has 1 aromatic rings. The summed E-state index contributed by atoms with van der Waals surface area (Å²) in [5.41, 5.74) is 3.00. The van der Waals surface area contributed by atoms with E-state index in [4.69, 9.17) is 5.26 Å². The first-order chi connectivity index (χ1) is 8.72. The molecule has 1 heterocycles. The summed E-state index contributed by atoms with van der Waals surface area (Å²) in [6.07, 6.45) is 0. The molecule has 0 aromatic heterocycles. The van der Waals surface area contributed by atoms with Crippen LogP contribution in [-0.4, -0.2) is 25.7 Å². The first-order valence-electron chi connectivity index (χ1n) is 6.70. The molecule has 0 spiro atoms. The van der Waals surface area contributed by atoms with Crippen molar-refractivity contribution in [3.63, 3.8) is 0 Å². The number of nitrogens with one attached hydrogen (secondary N) is 1. The normalized spacial score (nSPS) is 18.6. The molecular formula is C15H23N3. The van der Waals surface area contributed by atoms with Crippen molar-refractivity contribution >= 4 is 5.69 Å². The van der Waals surface area contributed by atoms with Crippen molar-refractivity contribution in [2.75, 3.05) is 24.5 Å². The Bertz CT molecular complexity index is 420. The van der Waals surface area contributed by atoms with Crippen LogP contribution in [-0.2, 0) is 0 Å². The molecule has 1 unspecified atom stereocenters. The molecule has 1 aromatic carbocycles. The number of nitriles is 1. The summed E-state index contributed by atoms with van der Waals surface area (Å²) in [7, 11) is 0. The maximum Gasteiger partial charge on any atom is 0.101 e. The molecule has 1 aliphatic rings. The lowest BCUT2D eigenvalue weighted by molar-refractivity contribution is 0.500. The highest BCUT2D eigenvalue weighted by atomic mass is 15.2. The Morgan fingerprint density at radius 3 is 2.72 bits per heavy atom. The molecule has 1 N–H and O–H groups in total. The van der Waals surface area contributed by atoms with Crippen molar-refractivity contribution < 1.29 is 0 Å². The van der Waals surface area contributed by atoms with E-state index in [1.807, 2.05) is 26.8 Å². The molecule has 18 heavy (non-hydrogen) atoms. The highest BCUT2D eigenvalue weighted by molar-refractivity contribution is 5.61. The number of hydrogen-bond donors (Lipinski definition) is 1. The van der Waals surface area contributed by atoms with Crippen molar-refractivity contribution in [3.05, 3.63) is 29.3 Å². The van der Waals surface area contributed by atoms with Crippen molar-refractivity contribution in [2.24, 2.45) is 0 Å². The first-order valence-corrected chi connectivity index (χ1v) is 6.70. The first kappa shape index (κ1) is 14.5. The van der Waals surface area contributed by atoms with Gasteiger partial charge in [0.15, 0.2) is 0 Å². The zero-order chi connectivity index (χ0) is 13.5. The topological polar surface area (TPSA) is 39.1 Å². The Kier molecular flexibility index (Phi) is 5.67. The molecule has 0 aliphatic carbocycles. The van der Waals surface area contributed by atoms with Crippen LogP contribution in [0, 0.1) is 18.3 Å². The molecule has 0 amide bonds. The molecule has 1 fully saturated rings. The zero-order valence-corrected chi connectivity index (χ0v) is 11.8. The Morgan fingerprint density at radius 2 is 2.11 bits per heavy atom. The SMILES string of the molecule is CC.Cc1ccc(N2CCNCC2C)c(C#N)c1. The predicted octanol–water partition coefficient (Wildman–Crippen LogP) is 2.69. The fourth-order valence-corrected chi connectivity index (χ4v) is 2.19. The summed E-state index contributed by atoms with van der Waals surface area (Å²) in [6.45, 7) is 11.2. The molecule has 1 atom stereocenters. The molecular weight excluding hydrogens is 222 g/mol. The quantitative estimate of drug-likeness (QED) is 0.827. The molecule has 98 valence electrons. The van der Waals surface area contributed by atoms with Crippen molar-refractivity contribution in [2.45, 2.75) is 33.7 Å². The minimum absolute atomic E-state index is 0.448. The lowest BCUT2D eigenvalue weighted by atomic mass is 10.1. The van der Waals surface area contributed by atoms with Crippen LogP contribution in [0.15, 0.2) is 18.2 Å². The molecule has 0 radical (unpaired) electrons. The monoisotopic (exact) mass is 245 g/mol. The maximum absolute atomic E-state index is 9.17. The molecule has 1 aliphatic heterocycles. The van der Waals surface area contributed by atoms with Gasteiger partial charge in [-0.1, -0.05) is 19.9 Å². The van der Waals surface area contributed by atoms with Gasteiger partial charge in [-0.15, -0.1) is 0 Å². The fraction of sp³-hybridized carbons (Fsp3) is 0.533. The van der Waals surface area contributed by atoms with Gasteiger partial charge in [-0.2, -0.15) is 5.26 Å². The number of anilines is 1. The minimum atomic E-state index is 0.448. The summed E-state index contributed by atoms with van der Waals surface area (Å²) in [4.78, 5) is 2.31. The summed E-state index contributed by atoms with van der Waals surface area (Å²) in [5, 5.41) is 12.5. The van der Waals surface area contributed by atoms with E-state index in [-0.39, 0.29) is 0 Å². The van der Waals surface area contributed by atoms with E-state index in [2.05, 4.69) is 35.3 Å². The molecule has 3 heteroatoms. The summed E-state index contributed by atoms with van der Waals surface area (Å²) in [6, 6.07) is 8.84. The average molecular weight is 245 g/mol. The third-order valence-corrected chi connectivity index (χ3v) is 3.08. The van der Waals surface area contributed by atoms with E-state index in [1.165, 1.54) is 0 Å². The number of nitrogens with zero attached hydrogens (tertiary/aromatic N) is 2. The van der Waals surface area contributed by atoms with E-state index >= 15 is 0 Å². The van der Waals surface area contributed by atoms with Gasteiger partial charge >= 0.3 is 0 Å². The van der Waals surface area contributed by atoms with E-state index in [1.54, 1.807) is 0 Å². The van der Waals surface area contributed by atoms with Gasteiger partial charge in [-0.05, 0) is 31.5 Å². The smallest absolute Gasteiger partial charge is 0.101 e. The van der Waals surface area contributed by atoms with Gasteiger partial charge in [0.05, 0.1) is 11.3 Å². The molecule has 0 bridgehead atoms. The Hall–Kier alpha value is -1.53. The lowest BCUT2D eigenvalue weighted by Gasteiger charge is -2.36. The van der Waals surface area contributed by atoms with Crippen LogP contribution in [0.3, 0.4) is 0 Å². The van der Waals surface area contributed by atoms with Crippen molar-refractivity contribution in [1.82, 2.24) is 5.32 Å². The summed E-state index contributed by atoms with van der Waals surface area (Å²) in [5.74, 6) is 0. The van der Waals surface area contributed by atoms with E-state index in [0.29, 0.717) is 6.04 Å². The number of hydrogen-bond acceptors (Lipinski definition) is 3. The van der Waals surface area contributed by atoms with Gasteiger partial charge in [-0.25, -0.2) is 0 Å². The van der Waals surface area contributed by atoms with Crippen molar-refractivity contribution in [3.8, 4) is 6.07 Å². The summed E-state index contributed by atoms with van der Waals surface area (Å²) < 4.78 is 0. The standard InChI is InChI=1S/C13H17N3.C2H6/c1-10-3-4-13(12(7-10)8-14)16-6-5-15-9-11(16)2;1-2/h3-4,7,11,15H,5-6,9H2,1-2H3;1-2H3. The number of benzene rings is 1. The van der Waals surface area contributed by atoms with E-state index in [9.17, 15) is 0 Å². The maximum atomic E-state index is 9.17. The molecule has 1 saturated heterocycles. The Labute approximate surface area is 110 Å². The molecule has 3 nitrogen and oxygen atoms in total. The largest absolute Gasteiger partial charge is 0.365 e. The van der Waals surface area contributed by atoms with Gasteiger partial charge in [0, 0.05) is 25.7 Å². The van der Waals surface area contributed by atoms with Crippen LogP contribution in [0.25, 0.3) is 0 Å². The van der Waals surface area contributed by atoms with Gasteiger partial charge < -0.3 is 10.2 Å². The number of rotatable bonds is 1. The molecule has 2 rings (SSSR count). The van der Waals surface area contributed by atoms with Gasteiger partial charge in [0.1, 0.15) is 6.07 Å². The van der Waals surface area contributed by atoms with Crippen LogP contribution in [0.5, 0.6) is 0 Å². The lowest BCUT2D eigenvalue weighted by Crippen LogP contribution is -2.50. The van der Waals surface area contributed by atoms with Crippen LogP contribution in [0.4, 0.5) is 5.69 Å².